The number of hydrogen-bond acceptors (Lipinski definition) is 4. The van der Waals surface area contributed by atoms with Gasteiger partial charge in [-0.05, 0) is 79.6 Å². The number of carbonyl (C=O) groups excluding carboxylic acids is 2. The number of carbonyl (C=O) groups is 2. The summed E-state index contributed by atoms with van der Waals surface area (Å²) in [6.45, 7) is 3.53. The van der Waals surface area contributed by atoms with Gasteiger partial charge in [-0.3, -0.25) is 9.59 Å². The Kier molecular flexibility index (Phi) is 8.31. The van der Waals surface area contributed by atoms with E-state index in [1.165, 1.54) is 6.08 Å². The third kappa shape index (κ3) is 6.61. The van der Waals surface area contributed by atoms with Crippen molar-refractivity contribution < 1.29 is 14.3 Å². The molecule has 6 nitrogen and oxygen atoms in total. The number of amides is 2. The zero-order valence-electron chi connectivity index (χ0n) is 18.5. The highest BCUT2D eigenvalue weighted by Gasteiger charge is 2.14. The molecule has 0 radical (unpaired) electrons. The molecule has 0 aliphatic rings. The quantitative estimate of drug-likeness (QED) is 0.304. The number of anilines is 2. The van der Waals surface area contributed by atoms with Crippen LogP contribution < -0.4 is 15.4 Å². The van der Waals surface area contributed by atoms with Gasteiger partial charge in [-0.25, -0.2) is 0 Å². The molecule has 172 valence electrons. The Bertz CT molecular complexity index is 1300. The lowest BCUT2D eigenvalue weighted by Gasteiger charge is -2.12. The van der Waals surface area contributed by atoms with Gasteiger partial charge in [0.05, 0.1) is 0 Å². The van der Waals surface area contributed by atoms with Crippen molar-refractivity contribution >= 4 is 52.5 Å². The van der Waals surface area contributed by atoms with E-state index >= 15 is 0 Å². The van der Waals surface area contributed by atoms with Crippen LogP contribution in [0.5, 0.6) is 5.75 Å². The summed E-state index contributed by atoms with van der Waals surface area (Å²) in [5.74, 6) is -0.661. The molecule has 0 heterocycles. The minimum absolute atomic E-state index is 0.140. The Morgan fingerprint density at radius 3 is 2.41 bits per heavy atom. The topological polar surface area (TPSA) is 91.2 Å². The molecule has 8 heteroatoms. The van der Waals surface area contributed by atoms with Crippen molar-refractivity contribution in [1.82, 2.24) is 0 Å². The average Bonchev–Trinajstić information content (AvgIpc) is 2.81. The van der Waals surface area contributed by atoms with Crippen LogP contribution in [0.2, 0.25) is 10.0 Å². The van der Waals surface area contributed by atoms with E-state index in [9.17, 15) is 14.9 Å². The molecular weight excluding hydrogens is 473 g/mol. The second-order valence-corrected chi connectivity index (χ2v) is 8.27. The summed E-state index contributed by atoms with van der Waals surface area (Å²) < 4.78 is 5.65. The van der Waals surface area contributed by atoms with Crippen molar-refractivity contribution in [3.05, 3.63) is 93.0 Å². The van der Waals surface area contributed by atoms with E-state index in [2.05, 4.69) is 10.6 Å². The predicted octanol–water partition coefficient (Wildman–Crippen LogP) is 6.17. The summed E-state index contributed by atoms with van der Waals surface area (Å²) in [6, 6.07) is 18.8. The maximum Gasteiger partial charge on any atom is 0.266 e. The van der Waals surface area contributed by atoms with Crippen molar-refractivity contribution in [3.8, 4) is 11.8 Å². The largest absolute Gasteiger partial charge is 0.483 e. The lowest BCUT2D eigenvalue weighted by molar-refractivity contribution is -0.118. The Hall–Kier alpha value is -3.79. The van der Waals surface area contributed by atoms with Crippen molar-refractivity contribution in [3.63, 3.8) is 0 Å². The van der Waals surface area contributed by atoms with Gasteiger partial charge in [-0.1, -0.05) is 35.3 Å². The van der Waals surface area contributed by atoms with Crippen molar-refractivity contribution in [2.75, 3.05) is 17.2 Å². The maximum atomic E-state index is 12.8. The van der Waals surface area contributed by atoms with E-state index in [-0.39, 0.29) is 18.1 Å². The number of aryl methyl sites for hydroxylation is 1. The fraction of sp³-hybridized carbons (Fsp3) is 0.115. The summed E-state index contributed by atoms with van der Waals surface area (Å²) >= 11 is 12.0. The number of benzene rings is 3. The van der Waals surface area contributed by atoms with Gasteiger partial charge in [-0.2, -0.15) is 5.26 Å². The third-order valence-corrected chi connectivity index (χ3v) is 5.46. The first-order valence-corrected chi connectivity index (χ1v) is 11.0. The van der Waals surface area contributed by atoms with E-state index in [1.54, 1.807) is 48.5 Å². The molecular formula is C26H21Cl2N3O3. The minimum Gasteiger partial charge on any atom is -0.483 e. The van der Waals surface area contributed by atoms with Crippen LogP contribution in [-0.2, 0) is 9.59 Å². The van der Waals surface area contributed by atoms with Gasteiger partial charge < -0.3 is 15.4 Å². The fourth-order valence-electron chi connectivity index (χ4n) is 3.02. The highest BCUT2D eigenvalue weighted by atomic mass is 35.5. The molecule has 0 atom stereocenters. The van der Waals surface area contributed by atoms with Gasteiger partial charge in [-0.15, -0.1) is 0 Å². The van der Waals surface area contributed by atoms with Crippen LogP contribution in [0.15, 0.2) is 66.2 Å². The molecule has 3 aromatic carbocycles. The number of nitrogens with one attached hydrogen (secondary N) is 2. The van der Waals surface area contributed by atoms with Gasteiger partial charge in [0, 0.05) is 27.0 Å². The van der Waals surface area contributed by atoms with Gasteiger partial charge in [0.1, 0.15) is 17.4 Å². The summed E-state index contributed by atoms with van der Waals surface area (Å²) in [4.78, 5) is 25.0. The normalized spacial score (nSPS) is 10.9. The number of halogens is 2. The molecule has 2 N–H and O–H groups in total. The number of ether oxygens (including phenoxy) is 1. The summed E-state index contributed by atoms with van der Waals surface area (Å²) in [5.41, 5.74) is 3.36. The molecule has 0 aliphatic heterocycles. The van der Waals surface area contributed by atoms with Crippen LogP contribution in [-0.4, -0.2) is 18.4 Å². The number of nitriles is 1. The molecule has 0 spiro atoms. The highest BCUT2D eigenvalue weighted by Crippen LogP contribution is 2.26. The van der Waals surface area contributed by atoms with Crippen LogP contribution in [0.1, 0.15) is 16.7 Å². The van der Waals surface area contributed by atoms with Gasteiger partial charge in [0.25, 0.3) is 11.8 Å². The summed E-state index contributed by atoms with van der Waals surface area (Å²) in [7, 11) is 0. The molecule has 3 rings (SSSR count). The molecule has 34 heavy (non-hydrogen) atoms. The van der Waals surface area contributed by atoms with Crippen molar-refractivity contribution in [2.45, 2.75) is 13.8 Å². The first kappa shape index (κ1) is 24.8. The second-order valence-electron chi connectivity index (χ2n) is 7.40. The lowest BCUT2D eigenvalue weighted by Crippen LogP contribution is -2.20. The molecule has 0 fully saturated rings. The Labute approximate surface area is 207 Å². The summed E-state index contributed by atoms with van der Waals surface area (Å²) in [6.07, 6.45) is 1.37. The fourth-order valence-corrected chi connectivity index (χ4v) is 3.32. The molecule has 0 unspecified atom stereocenters. The van der Waals surface area contributed by atoms with Crippen LogP contribution in [0.4, 0.5) is 11.4 Å². The molecule has 0 bridgehead atoms. The Morgan fingerprint density at radius 2 is 1.71 bits per heavy atom. The SMILES string of the molecule is Cc1cccc(NC(=O)/C(C#N)=C/c2cc(Cl)ccc2OCC(=O)Nc2ccc(Cl)cc2)c1C. The van der Waals surface area contributed by atoms with E-state index in [0.29, 0.717) is 32.7 Å². The molecule has 0 aromatic heterocycles. The molecule has 3 aromatic rings. The van der Waals surface area contributed by atoms with Crippen LogP contribution >= 0.6 is 23.2 Å². The number of rotatable bonds is 7. The van der Waals surface area contributed by atoms with Crippen molar-refractivity contribution in [1.29, 1.82) is 5.26 Å². The molecule has 0 aliphatic carbocycles. The smallest absolute Gasteiger partial charge is 0.266 e. The van der Waals surface area contributed by atoms with Crippen molar-refractivity contribution in [2.24, 2.45) is 0 Å². The Balaban J connectivity index is 1.76. The zero-order valence-corrected chi connectivity index (χ0v) is 20.0. The second kappa shape index (κ2) is 11.4. The molecule has 0 saturated carbocycles. The van der Waals surface area contributed by atoms with E-state index in [0.717, 1.165) is 11.1 Å². The zero-order chi connectivity index (χ0) is 24.7. The lowest BCUT2D eigenvalue weighted by atomic mass is 10.1. The van der Waals surface area contributed by atoms with E-state index in [1.807, 2.05) is 32.0 Å². The number of hydrogen-bond donors (Lipinski definition) is 2. The van der Waals surface area contributed by atoms with Gasteiger partial charge >= 0.3 is 0 Å². The standard InChI is InChI=1S/C26H21Cl2N3O3/c1-16-4-3-5-23(17(16)2)31-26(33)19(14-29)12-18-13-21(28)8-11-24(18)34-15-25(32)30-22-9-6-20(27)7-10-22/h3-13H,15H2,1-2H3,(H,30,32)(H,31,33)/b19-12+. The average molecular weight is 494 g/mol. The molecule has 2 amide bonds. The Morgan fingerprint density at radius 1 is 1.00 bits per heavy atom. The highest BCUT2D eigenvalue weighted by molar-refractivity contribution is 6.31. The first-order valence-electron chi connectivity index (χ1n) is 10.2. The predicted molar refractivity (Wildman–Crippen MR) is 135 cm³/mol. The van der Waals surface area contributed by atoms with E-state index in [4.69, 9.17) is 27.9 Å². The molecule has 0 saturated heterocycles. The maximum absolute atomic E-state index is 12.8. The van der Waals surface area contributed by atoms with E-state index < -0.39 is 5.91 Å². The van der Waals surface area contributed by atoms with Crippen LogP contribution in [0.3, 0.4) is 0 Å². The van der Waals surface area contributed by atoms with Crippen LogP contribution in [0.25, 0.3) is 6.08 Å². The van der Waals surface area contributed by atoms with Gasteiger partial charge in [0.15, 0.2) is 6.61 Å². The number of nitrogens with zero attached hydrogens (tertiary/aromatic N) is 1. The summed E-state index contributed by atoms with van der Waals surface area (Å²) in [5, 5.41) is 16.0. The monoisotopic (exact) mass is 493 g/mol. The first-order chi connectivity index (χ1) is 16.3. The third-order valence-electron chi connectivity index (χ3n) is 4.98. The van der Waals surface area contributed by atoms with Crippen LogP contribution in [0, 0.1) is 25.2 Å². The minimum atomic E-state index is -0.567. The van der Waals surface area contributed by atoms with Gasteiger partial charge in [0.2, 0.25) is 0 Å².